The van der Waals surface area contributed by atoms with E-state index < -0.39 is 0 Å². The van der Waals surface area contributed by atoms with Crippen LogP contribution in [0.25, 0.3) is 0 Å². The Morgan fingerprint density at radius 2 is 2.10 bits per heavy atom. The molecule has 21 heavy (non-hydrogen) atoms. The highest BCUT2D eigenvalue weighted by molar-refractivity contribution is 5.43. The molecule has 1 aromatic rings. The monoisotopic (exact) mass is 294 g/mol. The summed E-state index contributed by atoms with van der Waals surface area (Å²) in [5.74, 6) is 1.28. The number of hydrogen-bond acceptors (Lipinski definition) is 4. The molecule has 0 unspecified atom stereocenters. The topological polar surface area (TPSA) is 64.4 Å². The first-order valence-electron chi connectivity index (χ1n) is 7.65. The van der Waals surface area contributed by atoms with Crippen LogP contribution in [0.1, 0.15) is 45.6 Å². The molecule has 0 radical (unpaired) electrons. The maximum absolute atomic E-state index is 10.9. The molecule has 0 heterocycles. The minimum absolute atomic E-state index is 0.109. The van der Waals surface area contributed by atoms with E-state index in [-0.39, 0.29) is 10.6 Å². The Kier molecular flexibility index (Phi) is 7.75. The van der Waals surface area contributed by atoms with Crippen molar-refractivity contribution in [1.82, 2.24) is 5.32 Å². The predicted octanol–water partition coefficient (Wildman–Crippen LogP) is 3.91. The number of rotatable bonds is 10. The van der Waals surface area contributed by atoms with Gasteiger partial charge in [-0.2, -0.15) is 0 Å². The van der Waals surface area contributed by atoms with Gasteiger partial charge in [-0.15, -0.1) is 0 Å². The summed E-state index contributed by atoms with van der Waals surface area (Å²) in [5, 5.41) is 14.2. The van der Waals surface area contributed by atoms with Gasteiger partial charge in [0.05, 0.1) is 11.5 Å². The summed E-state index contributed by atoms with van der Waals surface area (Å²) >= 11 is 0. The Balaban J connectivity index is 2.71. The van der Waals surface area contributed by atoms with E-state index in [2.05, 4.69) is 26.1 Å². The summed E-state index contributed by atoms with van der Waals surface area (Å²) in [7, 11) is 0. The van der Waals surface area contributed by atoms with Crippen molar-refractivity contribution in [3.8, 4) is 5.75 Å². The summed E-state index contributed by atoms with van der Waals surface area (Å²) in [5.41, 5.74) is 0.957. The van der Waals surface area contributed by atoms with Gasteiger partial charge < -0.3 is 10.1 Å². The van der Waals surface area contributed by atoms with E-state index >= 15 is 0 Å². The predicted molar refractivity (Wildman–Crippen MR) is 84.7 cm³/mol. The third-order valence-corrected chi connectivity index (χ3v) is 3.13. The Morgan fingerprint density at radius 1 is 1.33 bits per heavy atom. The number of nitro benzene ring substituents is 1. The Hall–Kier alpha value is -1.62. The maximum atomic E-state index is 10.9. The van der Waals surface area contributed by atoms with E-state index in [0.717, 1.165) is 37.1 Å². The lowest BCUT2D eigenvalue weighted by Gasteiger charge is -2.13. The van der Waals surface area contributed by atoms with Gasteiger partial charge in [0, 0.05) is 24.2 Å². The normalized spacial score (nSPS) is 10.9. The lowest BCUT2D eigenvalue weighted by Crippen LogP contribution is -2.19. The molecule has 0 saturated carbocycles. The number of nitrogens with zero attached hydrogens (tertiary/aromatic N) is 1. The smallest absolute Gasteiger partial charge is 0.270 e. The molecule has 1 N–H and O–H groups in total. The summed E-state index contributed by atoms with van der Waals surface area (Å²) in [6.45, 7) is 8.52. The van der Waals surface area contributed by atoms with Gasteiger partial charge in [0.25, 0.3) is 5.69 Å². The summed E-state index contributed by atoms with van der Waals surface area (Å²) in [6, 6.07) is 4.81. The van der Waals surface area contributed by atoms with Crippen LogP contribution >= 0.6 is 0 Å². The SMILES string of the molecule is CCCCCOc1ccc([N+](=O)[O-])cc1CNCC(C)C. The van der Waals surface area contributed by atoms with E-state index in [9.17, 15) is 10.1 Å². The highest BCUT2D eigenvalue weighted by atomic mass is 16.6. The molecule has 118 valence electrons. The fourth-order valence-corrected chi connectivity index (χ4v) is 1.99. The van der Waals surface area contributed by atoms with Crippen molar-refractivity contribution >= 4 is 5.69 Å². The van der Waals surface area contributed by atoms with Crippen molar-refractivity contribution < 1.29 is 9.66 Å². The van der Waals surface area contributed by atoms with Gasteiger partial charge in [-0.05, 0) is 24.9 Å². The number of hydrogen-bond donors (Lipinski definition) is 1. The Labute approximate surface area is 126 Å². The minimum atomic E-state index is -0.368. The first kappa shape index (κ1) is 17.4. The first-order valence-corrected chi connectivity index (χ1v) is 7.65. The molecule has 0 amide bonds. The van der Waals surface area contributed by atoms with Crippen LogP contribution in [0.2, 0.25) is 0 Å². The number of benzene rings is 1. The zero-order valence-electron chi connectivity index (χ0n) is 13.2. The van der Waals surface area contributed by atoms with Crippen LogP contribution < -0.4 is 10.1 Å². The highest BCUT2D eigenvalue weighted by Crippen LogP contribution is 2.24. The molecule has 0 fully saturated rings. The van der Waals surface area contributed by atoms with Crippen molar-refractivity contribution in [3.63, 3.8) is 0 Å². The molecule has 5 nitrogen and oxygen atoms in total. The van der Waals surface area contributed by atoms with Gasteiger partial charge in [0.15, 0.2) is 0 Å². The van der Waals surface area contributed by atoms with Crippen molar-refractivity contribution in [2.24, 2.45) is 5.92 Å². The fraction of sp³-hybridized carbons (Fsp3) is 0.625. The zero-order valence-corrected chi connectivity index (χ0v) is 13.2. The quantitative estimate of drug-likeness (QED) is 0.404. The molecular weight excluding hydrogens is 268 g/mol. The van der Waals surface area contributed by atoms with Crippen molar-refractivity contribution in [1.29, 1.82) is 0 Å². The largest absolute Gasteiger partial charge is 0.493 e. The van der Waals surface area contributed by atoms with Gasteiger partial charge in [-0.25, -0.2) is 0 Å². The second kappa shape index (κ2) is 9.34. The maximum Gasteiger partial charge on any atom is 0.270 e. The number of non-ortho nitro benzene ring substituents is 1. The second-order valence-electron chi connectivity index (χ2n) is 5.63. The first-order chi connectivity index (χ1) is 10.0. The molecule has 1 rings (SSSR count). The Morgan fingerprint density at radius 3 is 2.71 bits per heavy atom. The van der Waals surface area contributed by atoms with Crippen molar-refractivity contribution in [3.05, 3.63) is 33.9 Å². The molecule has 1 aromatic carbocycles. The van der Waals surface area contributed by atoms with Gasteiger partial charge in [-0.1, -0.05) is 33.6 Å². The number of nitro groups is 1. The summed E-state index contributed by atoms with van der Waals surface area (Å²) < 4.78 is 5.77. The van der Waals surface area contributed by atoms with Gasteiger partial charge in [0.2, 0.25) is 0 Å². The third-order valence-electron chi connectivity index (χ3n) is 3.13. The van der Waals surface area contributed by atoms with E-state index in [4.69, 9.17) is 4.74 Å². The molecule has 5 heteroatoms. The fourth-order valence-electron chi connectivity index (χ4n) is 1.99. The average molecular weight is 294 g/mol. The van der Waals surface area contributed by atoms with Crippen molar-refractivity contribution in [2.75, 3.05) is 13.2 Å². The van der Waals surface area contributed by atoms with Crippen LogP contribution in [-0.2, 0) is 6.54 Å². The van der Waals surface area contributed by atoms with Gasteiger partial charge in [0.1, 0.15) is 5.75 Å². The molecular formula is C16H26N2O3. The highest BCUT2D eigenvalue weighted by Gasteiger charge is 2.11. The molecule has 0 spiro atoms. The van der Waals surface area contributed by atoms with Gasteiger partial charge >= 0.3 is 0 Å². The molecule has 0 aliphatic heterocycles. The summed E-state index contributed by atoms with van der Waals surface area (Å²) in [4.78, 5) is 10.5. The van der Waals surface area contributed by atoms with Crippen LogP contribution in [0.15, 0.2) is 18.2 Å². The van der Waals surface area contributed by atoms with E-state index in [1.54, 1.807) is 12.1 Å². The van der Waals surface area contributed by atoms with Crippen molar-refractivity contribution in [2.45, 2.75) is 46.6 Å². The van der Waals surface area contributed by atoms with E-state index in [1.807, 2.05) is 0 Å². The van der Waals surface area contributed by atoms with E-state index in [0.29, 0.717) is 19.1 Å². The molecule has 0 bridgehead atoms. The van der Waals surface area contributed by atoms with Gasteiger partial charge in [-0.3, -0.25) is 10.1 Å². The number of nitrogens with one attached hydrogen (secondary N) is 1. The van der Waals surface area contributed by atoms with E-state index in [1.165, 1.54) is 6.07 Å². The molecule has 0 aromatic heterocycles. The Bertz CT molecular complexity index is 447. The summed E-state index contributed by atoms with van der Waals surface area (Å²) in [6.07, 6.45) is 3.28. The lowest BCUT2D eigenvalue weighted by atomic mass is 10.1. The molecule has 0 aliphatic carbocycles. The van der Waals surface area contributed by atoms with Crippen LogP contribution in [0.4, 0.5) is 5.69 Å². The molecule has 0 aliphatic rings. The van der Waals surface area contributed by atoms with Crippen LogP contribution in [0.3, 0.4) is 0 Å². The van der Waals surface area contributed by atoms with Crippen LogP contribution in [-0.4, -0.2) is 18.1 Å². The standard InChI is InChI=1S/C16H26N2O3/c1-4-5-6-9-21-16-8-7-15(18(19)20)10-14(16)12-17-11-13(2)3/h7-8,10,13,17H,4-6,9,11-12H2,1-3H3. The zero-order chi connectivity index (χ0) is 15.7. The molecule has 0 saturated heterocycles. The molecule has 0 atom stereocenters. The number of ether oxygens (including phenoxy) is 1. The minimum Gasteiger partial charge on any atom is -0.493 e. The lowest BCUT2D eigenvalue weighted by molar-refractivity contribution is -0.384. The number of unbranched alkanes of at least 4 members (excludes halogenated alkanes) is 2. The second-order valence-corrected chi connectivity index (χ2v) is 5.63. The third kappa shape index (κ3) is 6.58. The van der Waals surface area contributed by atoms with Crippen LogP contribution in [0, 0.1) is 16.0 Å². The van der Waals surface area contributed by atoms with Crippen LogP contribution in [0.5, 0.6) is 5.75 Å². The average Bonchev–Trinajstić information content (AvgIpc) is 2.44.